The number of nitrogens with zero attached hydrogens (tertiary/aromatic N) is 1. The van der Waals surface area contributed by atoms with E-state index in [4.69, 9.17) is 0 Å². The zero-order valence-corrected chi connectivity index (χ0v) is 20.0. The fraction of sp³-hybridized carbons (Fsp3) is 0.0769. The van der Waals surface area contributed by atoms with Gasteiger partial charge in [0.05, 0.1) is 0 Å². The van der Waals surface area contributed by atoms with Gasteiger partial charge >= 0.3 is 116 Å². The monoisotopic (exact) mass is 351 g/mol. The molecule has 0 atom stereocenters. The van der Waals surface area contributed by atoms with Gasteiger partial charge in [-0.2, -0.15) is 12.6 Å². The van der Waals surface area contributed by atoms with E-state index in [0.717, 1.165) is 22.2 Å². The second-order valence-electron chi connectivity index (χ2n) is 3.13. The molecule has 0 spiro atoms. The molecule has 0 aliphatic heterocycles. The van der Waals surface area contributed by atoms with Gasteiger partial charge in [0.25, 0.3) is 0 Å². The number of hydrogen-bond acceptors (Lipinski definition) is 0. The normalized spacial score (nSPS) is 9.06. The first kappa shape index (κ1) is 17.9. The van der Waals surface area contributed by atoms with E-state index < -0.39 is 0 Å². The maximum atomic E-state index is 3.79. The molecule has 2 aromatic rings. The second kappa shape index (κ2) is 8.11. The van der Waals surface area contributed by atoms with Crippen LogP contribution in [0.15, 0.2) is 31.4 Å². The van der Waals surface area contributed by atoms with Gasteiger partial charge in [-0.3, -0.25) is 0 Å². The molecule has 3 heteroatoms. The van der Waals surface area contributed by atoms with Gasteiger partial charge in [0.15, 0.2) is 0 Å². The van der Waals surface area contributed by atoms with Crippen molar-refractivity contribution in [2.75, 3.05) is 0 Å². The summed E-state index contributed by atoms with van der Waals surface area (Å²) in [5.74, 6) is 0. The summed E-state index contributed by atoms with van der Waals surface area (Å²) in [5, 5.41) is 1.06. The van der Waals surface area contributed by atoms with E-state index in [1.165, 1.54) is 0 Å². The molecule has 70 valence electrons. The molecular formula is C13H11NRb2. The number of fused-ring (bicyclic) bond motifs is 1. The Kier molecular flexibility index (Phi) is 9.05. The van der Waals surface area contributed by atoms with E-state index >= 15 is 0 Å². The van der Waals surface area contributed by atoms with E-state index in [-0.39, 0.29) is 116 Å². The van der Waals surface area contributed by atoms with Crippen LogP contribution in [0.25, 0.3) is 17.0 Å². The molecule has 0 N–H and O–H groups in total. The predicted octanol–water partition coefficient (Wildman–Crippen LogP) is -3.03. The zero-order valence-electron chi connectivity index (χ0n) is 10.2. The minimum Gasteiger partial charge on any atom is -0.455 e. The van der Waals surface area contributed by atoms with Crippen LogP contribution in [0.3, 0.4) is 0 Å². The van der Waals surface area contributed by atoms with Crippen molar-refractivity contribution < 1.29 is 116 Å². The van der Waals surface area contributed by atoms with Gasteiger partial charge < -0.3 is 4.57 Å². The van der Waals surface area contributed by atoms with E-state index in [1.54, 1.807) is 0 Å². The Balaban J connectivity index is 0.00000112. The summed E-state index contributed by atoms with van der Waals surface area (Å²) in [6.07, 6.45) is 4.76. The summed E-state index contributed by atoms with van der Waals surface area (Å²) >= 11 is 0. The minimum absolute atomic E-state index is 0. The van der Waals surface area contributed by atoms with E-state index in [0.29, 0.717) is 0 Å². The molecule has 0 unspecified atom stereocenters. The van der Waals surface area contributed by atoms with Crippen LogP contribution in [0.4, 0.5) is 0 Å². The Labute approximate surface area is 195 Å². The van der Waals surface area contributed by atoms with Crippen molar-refractivity contribution in [3.05, 3.63) is 54.8 Å². The minimum atomic E-state index is 0. The van der Waals surface area contributed by atoms with Crippen LogP contribution in [0.5, 0.6) is 0 Å². The Morgan fingerprint density at radius 2 is 2.12 bits per heavy atom. The Morgan fingerprint density at radius 1 is 1.44 bits per heavy atom. The van der Waals surface area contributed by atoms with Crippen molar-refractivity contribution in [2.24, 2.45) is 7.05 Å². The van der Waals surface area contributed by atoms with Crippen LogP contribution < -0.4 is 116 Å². The Morgan fingerprint density at radius 3 is 2.69 bits per heavy atom. The standard InChI is InChI=1S/C13H11N.2Rb/c1-4-10-11-8-6-7-9-13(11)14(3)12(10)5-2;;/h5-7,9H,1-2H2,3H3;;/q-2;2*+1. The molecule has 0 saturated carbocycles. The van der Waals surface area contributed by atoms with Crippen LogP contribution >= 0.6 is 0 Å². The zero-order chi connectivity index (χ0) is 10.1. The van der Waals surface area contributed by atoms with Gasteiger partial charge in [-0.15, -0.1) is 36.0 Å². The van der Waals surface area contributed by atoms with Crippen LogP contribution in [-0.4, -0.2) is 4.57 Å². The van der Waals surface area contributed by atoms with Crippen molar-refractivity contribution in [3.63, 3.8) is 0 Å². The van der Waals surface area contributed by atoms with Crippen LogP contribution in [0.1, 0.15) is 11.3 Å². The third-order valence-corrected chi connectivity index (χ3v) is 2.43. The topological polar surface area (TPSA) is 4.93 Å². The first-order chi connectivity index (χ1) is 6.79. The number of hydrogen-bond donors (Lipinski definition) is 0. The quantitative estimate of drug-likeness (QED) is 0.507. The van der Waals surface area contributed by atoms with Crippen molar-refractivity contribution in [2.45, 2.75) is 0 Å². The summed E-state index contributed by atoms with van der Waals surface area (Å²) in [4.78, 5) is 0. The largest absolute Gasteiger partial charge is 1.00 e. The first-order valence-corrected chi connectivity index (χ1v) is 4.44. The summed E-state index contributed by atoms with van der Waals surface area (Å²) in [6.45, 7) is 7.49. The molecule has 1 aromatic heterocycles. The number of rotatable bonds is 2. The van der Waals surface area contributed by atoms with E-state index in [9.17, 15) is 0 Å². The fourth-order valence-corrected chi connectivity index (χ4v) is 1.75. The third kappa shape index (κ3) is 3.24. The number of aromatic nitrogens is 1. The molecule has 0 aliphatic carbocycles. The Hall–Kier alpha value is 1.85. The van der Waals surface area contributed by atoms with Gasteiger partial charge in [0.1, 0.15) is 0 Å². The second-order valence-corrected chi connectivity index (χ2v) is 3.13. The first-order valence-electron chi connectivity index (χ1n) is 4.44. The molecule has 2 rings (SSSR count). The fourth-order valence-electron chi connectivity index (χ4n) is 1.75. The van der Waals surface area contributed by atoms with E-state index in [2.05, 4.69) is 35.9 Å². The molecule has 0 radical (unpaired) electrons. The molecule has 1 nitrogen and oxygen atoms in total. The number of benzene rings is 1. The average molecular weight is 352 g/mol. The molecule has 16 heavy (non-hydrogen) atoms. The van der Waals surface area contributed by atoms with Crippen LogP contribution in [-0.2, 0) is 7.05 Å². The molecule has 0 fully saturated rings. The van der Waals surface area contributed by atoms with Crippen molar-refractivity contribution in [3.8, 4) is 0 Å². The van der Waals surface area contributed by atoms with Crippen molar-refractivity contribution >= 4 is 17.0 Å². The Bertz CT molecular complexity index is 512. The van der Waals surface area contributed by atoms with Gasteiger partial charge in [0.2, 0.25) is 0 Å². The third-order valence-electron chi connectivity index (χ3n) is 2.43. The predicted molar refractivity (Wildman–Crippen MR) is 59.8 cm³/mol. The molecule has 1 aromatic carbocycles. The molecule has 0 aliphatic rings. The van der Waals surface area contributed by atoms with Crippen molar-refractivity contribution in [1.82, 2.24) is 4.57 Å². The van der Waals surface area contributed by atoms with Gasteiger partial charge in [-0.05, 0) is 7.05 Å². The van der Waals surface area contributed by atoms with Crippen LogP contribution in [0, 0.1) is 12.1 Å². The van der Waals surface area contributed by atoms with Gasteiger partial charge in [0, 0.05) is 0 Å². The molecular weight excluding hydrogens is 341 g/mol. The van der Waals surface area contributed by atoms with Crippen molar-refractivity contribution in [1.29, 1.82) is 0 Å². The molecule has 0 bridgehead atoms. The maximum Gasteiger partial charge on any atom is 1.00 e. The van der Waals surface area contributed by atoms with Crippen LogP contribution in [0.2, 0.25) is 0 Å². The SMILES string of the molecule is C=[C-]c1c(C=C)n(C)c2ccc[c-]c12.[Rb+].[Rb+]. The van der Waals surface area contributed by atoms with Gasteiger partial charge in [-0.1, -0.05) is 0 Å². The summed E-state index contributed by atoms with van der Waals surface area (Å²) < 4.78 is 2.08. The average Bonchev–Trinajstić information content (AvgIpc) is 2.51. The molecule has 0 amide bonds. The molecule has 1 heterocycles. The molecule has 0 saturated heterocycles. The maximum absolute atomic E-state index is 3.79. The smallest absolute Gasteiger partial charge is 0.455 e. The summed E-state index contributed by atoms with van der Waals surface area (Å²) in [5.41, 5.74) is 3.16. The summed E-state index contributed by atoms with van der Waals surface area (Å²) in [7, 11) is 2.01. The number of aryl methyl sites for hydroxylation is 1. The summed E-state index contributed by atoms with van der Waals surface area (Å²) in [6, 6.07) is 9.12. The van der Waals surface area contributed by atoms with Gasteiger partial charge in [-0.25, -0.2) is 23.1 Å². The van der Waals surface area contributed by atoms with E-state index in [1.807, 2.05) is 25.3 Å².